The monoisotopic (exact) mass is 239 g/mol. The van der Waals surface area contributed by atoms with Crippen LogP contribution in [0.5, 0.6) is 0 Å². The van der Waals surface area contributed by atoms with Gasteiger partial charge >= 0.3 is 0 Å². The Balaban J connectivity index is 2.13. The molecule has 1 rings (SSSR count). The molecule has 1 aromatic rings. The van der Waals surface area contributed by atoms with Gasteiger partial charge in [0.25, 0.3) is 0 Å². The van der Waals surface area contributed by atoms with Crippen LogP contribution in [0.25, 0.3) is 0 Å². The molecule has 0 aromatic carbocycles. The molecular formula is C14H25NS. The summed E-state index contributed by atoms with van der Waals surface area (Å²) < 4.78 is 0. The highest BCUT2D eigenvalue weighted by Gasteiger charge is 2.10. The molecule has 1 unspecified atom stereocenters. The number of hydrogen-bond acceptors (Lipinski definition) is 2. The smallest absolute Gasteiger partial charge is 0.00899 e. The van der Waals surface area contributed by atoms with E-state index in [1.165, 1.54) is 31.2 Å². The van der Waals surface area contributed by atoms with Crippen molar-refractivity contribution in [2.24, 2.45) is 5.92 Å². The lowest BCUT2D eigenvalue weighted by molar-refractivity contribution is 0.373. The SMILES string of the molecule is CCNC(CCCCc1ccsc1)C(C)C. The zero-order valence-electron chi connectivity index (χ0n) is 10.8. The highest BCUT2D eigenvalue weighted by molar-refractivity contribution is 7.07. The van der Waals surface area contributed by atoms with E-state index in [4.69, 9.17) is 0 Å². The van der Waals surface area contributed by atoms with Crippen LogP contribution in [0.2, 0.25) is 0 Å². The lowest BCUT2D eigenvalue weighted by Gasteiger charge is -2.21. The predicted molar refractivity (Wildman–Crippen MR) is 74.2 cm³/mol. The van der Waals surface area contributed by atoms with Gasteiger partial charge in [0.15, 0.2) is 0 Å². The van der Waals surface area contributed by atoms with Gasteiger partial charge in [-0.3, -0.25) is 0 Å². The van der Waals surface area contributed by atoms with Crippen molar-refractivity contribution in [3.05, 3.63) is 22.4 Å². The van der Waals surface area contributed by atoms with Gasteiger partial charge in [-0.2, -0.15) is 11.3 Å². The highest BCUT2D eigenvalue weighted by atomic mass is 32.1. The molecule has 2 heteroatoms. The Hall–Kier alpha value is -0.340. The predicted octanol–water partition coefficient (Wildman–Crippen LogP) is 4.10. The largest absolute Gasteiger partial charge is 0.314 e. The summed E-state index contributed by atoms with van der Waals surface area (Å²) in [6.07, 6.45) is 5.23. The molecule has 1 aromatic heterocycles. The van der Waals surface area contributed by atoms with E-state index in [1.807, 2.05) is 0 Å². The molecule has 0 radical (unpaired) electrons. The first-order valence-electron chi connectivity index (χ1n) is 6.48. The number of unbranched alkanes of at least 4 members (excludes halogenated alkanes) is 1. The molecule has 0 aliphatic carbocycles. The first-order valence-corrected chi connectivity index (χ1v) is 7.42. The van der Waals surface area contributed by atoms with E-state index in [2.05, 4.69) is 42.9 Å². The second-order valence-electron chi connectivity index (χ2n) is 4.79. The van der Waals surface area contributed by atoms with Crippen LogP contribution in [-0.2, 0) is 6.42 Å². The molecule has 0 aliphatic heterocycles. The quantitative estimate of drug-likeness (QED) is 0.674. The molecule has 0 spiro atoms. The Labute approximate surface area is 104 Å². The topological polar surface area (TPSA) is 12.0 Å². The molecule has 1 N–H and O–H groups in total. The van der Waals surface area contributed by atoms with Crippen LogP contribution in [0, 0.1) is 5.92 Å². The van der Waals surface area contributed by atoms with Crippen molar-refractivity contribution in [1.82, 2.24) is 5.32 Å². The molecule has 0 saturated heterocycles. The Morgan fingerprint density at radius 3 is 2.69 bits per heavy atom. The summed E-state index contributed by atoms with van der Waals surface area (Å²) >= 11 is 1.80. The third-order valence-electron chi connectivity index (χ3n) is 3.08. The Morgan fingerprint density at radius 2 is 2.12 bits per heavy atom. The molecular weight excluding hydrogens is 214 g/mol. The normalized spacial score (nSPS) is 13.2. The van der Waals surface area contributed by atoms with Gasteiger partial charge in [-0.1, -0.05) is 27.2 Å². The fourth-order valence-corrected chi connectivity index (χ4v) is 2.76. The van der Waals surface area contributed by atoms with Gasteiger partial charge in [0.2, 0.25) is 0 Å². The number of rotatable bonds is 8. The molecule has 0 amide bonds. The van der Waals surface area contributed by atoms with Crippen molar-refractivity contribution >= 4 is 11.3 Å². The minimum atomic E-state index is 0.701. The van der Waals surface area contributed by atoms with Crippen LogP contribution in [0.1, 0.15) is 45.6 Å². The Bertz CT molecular complexity index is 254. The van der Waals surface area contributed by atoms with Crippen LogP contribution in [0.15, 0.2) is 16.8 Å². The number of thiophene rings is 1. The summed E-state index contributed by atoms with van der Waals surface area (Å²) in [5, 5.41) is 8.02. The van der Waals surface area contributed by atoms with Gasteiger partial charge in [-0.25, -0.2) is 0 Å². The van der Waals surface area contributed by atoms with Crippen LogP contribution in [0.3, 0.4) is 0 Å². The Morgan fingerprint density at radius 1 is 1.31 bits per heavy atom. The fourth-order valence-electron chi connectivity index (χ4n) is 2.06. The lowest BCUT2D eigenvalue weighted by Crippen LogP contribution is -2.33. The van der Waals surface area contributed by atoms with Crippen molar-refractivity contribution in [3.8, 4) is 0 Å². The maximum absolute atomic E-state index is 3.58. The second kappa shape index (κ2) is 7.86. The summed E-state index contributed by atoms with van der Waals surface area (Å²) in [5.74, 6) is 0.751. The van der Waals surface area contributed by atoms with Gasteiger partial charge in [0.1, 0.15) is 0 Å². The van der Waals surface area contributed by atoms with E-state index in [9.17, 15) is 0 Å². The van der Waals surface area contributed by atoms with E-state index >= 15 is 0 Å². The Kier molecular flexibility index (Phi) is 6.74. The van der Waals surface area contributed by atoms with E-state index in [0.717, 1.165) is 12.5 Å². The molecule has 92 valence electrons. The molecule has 0 bridgehead atoms. The lowest BCUT2D eigenvalue weighted by atomic mass is 9.97. The van der Waals surface area contributed by atoms with Gasteiger partial charge in [0, 0.05) is 6.04 Å². The van der Waals surface area contributed by atoms with Gasteiger partial charge < -0.3 is 5.32 Å². The molecule has 0 aliphatic rings. The number of hydrogen-bond donors (Lipinski definition) is 1. The van der Waals surface area contributed by atoms with Crippen molar-refractivity contribution in [3.63, 3.8) is 0 Å². The van der Waals surface area contributed by atoms with Gasteiger partial charge in [-0.15, -0.1) is 0 Å². The maximum atomic E-state index is 3.58. The van der Waals surface area contributed by atoms with Crippen LogP contribution in [0.4, 0.5) is 0 Å². The minimum Gasteiger partial charge on any atom is -0.314 e. The number of nitrogens with one attached hydrogen (secondary N) is 1. The van der Waals surface area contributed by atoms with Gasteiger partial charge in [-0.05, 0) is 54.1 Å². The van der Waals surface area contributed by atoms with Gasteiger partial charge in [0.05, 0.1) is 0 Å². The van der Waals surface area contributed by atoms with Crippen molar-refractivity contribution in [1.29, 1.82) is 0 Å². The first-order chi connectivity index (χ1) is 7.74. The van der Waals surface area contributed by atoms with Crippen molar-refractivity contribution in [2.75, 3.05) is 6.54 Å². The first kappa shape index (κ1) is 13.7. The van der Waals surface area contributed by atoms with E-state index < -0.39 is 0 Å². The third-order valence-corrected chi connectivity index (χ3v) is 3.81. The van der Waals surface area contributed by atoms with Crippen molar-refractivity contribution < 1.29 is 0 Å². The molecule has 0 saturated carbocycles. The number of aryl methyl sites for hydroxylation is 1. The summed E-state index contributed by atoms with van der Waals surface area (Å²) in [6.45, 7) is 7.91. The van der Waals surface area contributed by atoms with Crippen LogP contribution < -0.4 is 5.32 Å². The standard InChI is InChI=1S/C14H25NS/c1-4-15-14(12(2)3)8-6-5-7-13-9-10-16-11-13/h9-12,14-15H,4-8H2,1-3H3. The fraction of sp³-hybridized carbons (Fsp3) is 0.714. The summed E-state index contributed by atoms with van der Waals surface area (Å²) in [5.41, 5.74) is 1.51. The van der Waals surface area contributed by atoms with Crippen LogP contribution in [-0.4, -0.2) is 12.6 Å². The average molecular weight is 239 g/mol. The highest BCUT2D eigenvalue weighted by Crippen LogP contribution is 2.14. The molecule has 1 atom stereocenters. The maximum Gasteiger partial charge on any atom is 0.00899 e. The minimum absolute atomic E-state index is 0.701. The zero-order chi connectivity index (χ0) is 11.8. The molecule has 16 heavy (non-hydrogen) atoms. The third kappa shape index (κ3) is 5.13. The van der Waals surface area contributed by atoms with Crippen molar-refractivity contribution in [2.45, 2.75) is 52.5 Å². The summed E-state index contributed by atoms with van der Waals surface area (Å²) in [6, 6.07) is 2.95. The molecule has 0 fully saturated rings. The average Bonchev–Trinajstić information content (AvgIpc) is 2.75. The van der Waals surface area contributed by atoms with E-state index in [0.29, 0.717) is 6.04 Å². The summed E-state index contributed by atoms with van der Waals surface area (Å²) in [4.78, 5) is 0. The van der Waals surface area contributed by atoms with Crippen LogP contribution >= 0.6 is 11.3 Å². The summed E-state index contributed by atoms with van der Waals surface area (Å²) in [7, 11) is 0. The second-order valence-corrected chi connectivity index (χ2v) is 5.57. The van der Waals surface area contributed by atoms with E-state index in [1.54, 1.807) is 11.3 Å². The molecule has 1 heterocycles. The zero-order valence-corrected chi connectivity index (χ0v) is 11.6. The van der Waals surface area contributed by atoms with E-state index in [-0.39, 0.29) is 0 Å². The molecule has 1 nitrogen and oxygen atoms in total.